The van der Waals surface area contributed by atoms with Gasteiger partial charge in [-0.25, -0.2) is 23.5 Å². The molecule has 2 aliphatic rings. The number of likely N-dealkylation sites (tertiary alicyclic amines) is 2. The van der Waals surface area contributed by atoms with E-state index in [0.29, 0.717) is 11.6 Å². The Bertz CT molecular complexity index is 1500. The molecule has 2 aliphatic heterocycles. The predicted molar refractivity (Wildman–Crippen MR) is 166 cm³/mol. The van der Waals surface area contributed by atoms with Gasteiger partial charge in [0.1, 0.15) is 18.0 Å². The van der Waals surface area contributed by atoms with Crippen LogP contribution >= 0.6 is 12.2 Å². The summed E-state index contributed by atoms with van der Waals surface area (Å²) in [6.45, 7) is 4.12. The quantitative estimate of drug-likeness (QED) is 0.322. The zero-order chi connectivity index (χ0) is 31.2. The third-order valence-electron chi connectivity index (χ3n) is 7.74. The van der Waals surface area contributed by atoms with E-state index in [9.17, 15) is 18.4 Å². The van der Waals surface area contributed by atoms with E-state index in [1.165, 1.54) is 48.8 Å². The Morgan fingerprint density at radius 3 is 2.45 bits per heavy atom. The van der Waals surface area contributed by atoms with Gasteiger partial charge in [0, 0.05) is 63.1 Å². The van der Waals surface area contributed by atoms with Gasteiger partial charge in [0.15, 0.2) is 16.7 Å². The van der Waals surface area contributed by atoms with E-state index in [4.69, 9.17) is 17.0 Å². The van der Waals surface area contributed by atoms with Crippen LogP contribution in [-0.4, -0.2) is 94.1 Å². The molecule has 11 nitrogen and oxygen atoms in total. The maximum Gasteiger partial charge on any atom is 0.323 e. The lowest BCUT2D eigenvalue weighted by Crippen LogP contribution is -2.60. The van der Waals surface area contributed by atoms with Crippen molar-refractivity contribution >= 4 is 40.8 Å². The normalized spacial score (nSPS) is 16.1. The maximum absolute atomic E-state index is 14.9. The second-order valence-corrected chi connectivity index (χ2v) is 11.4. The van der Waals surface area contributed by atoms with Crippen molar-refractivity contribution in [3.8, 4) is 11.6 Å². The molecule has 3 aromatic rings. The smallest absolute Gasteiger partial charge is 0.323 e. The summed E-state index contributed by atoms with van der Waals surface area (Å²) in [6, 6.07) is 11.5. The third kappa shape index (κ3) is 8.21. The Labute approximate surface area is 259 Å². The number of likely N-dealkylation sites (N-methyl/N-ethyl adjacent to an activating group) is 1. The minimum Gasteiger partial charge on any atom is -0.436 e. The summed E-state index contributed by atoms with van der Waals surface area (Å²) in [5.74, 6) is -1.36. The minimum absolute atomic E-state index is 0.00121. The van der Waals surface area contributed by atoms with Crippen LogP contribution < -0.4 is 20.7 Å². The first-order chi connectivity index (χ1) is 21.1. The zero-order valence-corrected chi connectivity index (χ0v) is 25.2. The molecule has 14 heteroatoms. The number of anilines is 2. The average Bonchev–Trinajstić information content (AvgIpc) is 2.98. The van der Waals surface area contributed by atoms with Crippen LogP contribution in [0.15, 0.2) is 54.9 Å². The molecule has 2 fully saturated rings. The van der Waals surface area contributed by atoms with Crippen molar-refractivity contribution < 1.29 is 23.1 Å². The number of hydrogen-bond acceptors (Lipinski definition) is 8. The number of aromatic nitrogens is 2. The zero-order valence-electron chi connectivity index (χ0n) is 24.4. The molecule has 1 aromatic heterocycles. The van der Waals surface area contributed by atoms with Crippen LogP contribution in [0.1, 0.15) is 18.4 Å². The number of benzene rings is 2. The van der Waals surface area contributed by atoms with Gasteiger partial charge in [-0.2, -0.15) is 0 Å². The molecule has 0 radical (unpaired) electrons. The Morgan fingerprint density at radius 1 is 1.05 bits per heavy atom. The first kappa shape index (κ1) is 31.2. The van der Waals surface area contributed by atoms with Crippen LogP contribution in [0.4, 0.5) is 25.1 Å². The highest BCUT2D eigenvalue weighted by atomic mass is 32.1. The molecule has 3 heterocycles. The summed E-state index contributed by atoms with van der Waals surface area (Å²) in [4.78, 5) is 39.8. The van der Waals surface area contributed by atoms with Gasteiger partial charge in [0.05, 0.1) is 6.42 Å². The van der Waals surface area contributed by atoms with Gasteiger partial charge >= 0.3 is 6.03 Å². The lowest BCUT2D eigenvalue weighted by atomic mass is 9.99. The number of hydrogen-bond donors (Lipinski definition) is 3. The van der Waals surface area contributed by atoms with Crippen LogP contribution in [-0.2, 0) is 11.2 Å². The summed E-state index contributed by atoms with van der Waals surface area (Å²) >= 11 is 5.15. The lowest BCUT2D eigenvalue weighted by Gasteiger charge is -2.47. The predicted octanol–water partition coefficient (Wildman–Crippen LogP) is 3.84. The van der Waals surface area contributed by atoms with E-state index in [2.05, 4.69) is 42.8 Å². The largest absolute Gasteiger partial charge is 0.436 e. The Morgan fingerprint density at radius 2 is 1.77 bits per heavy atom. The highest BCUT2D eigenvalue weighted by molar-refractivity contribution is 7.80. The fourth-order valence-corrected chi connectivity index (χ4v) is 5.49. The number of ether oxygens (including phenoxy) is 1. The van der Waals surface area contributed by atoms with Crippen molar-refractivity contribution in [2.24, 2.45) is 0 Å². The number of halogens is 2. The van der Waals surface area contributed by atoms with Gasteiger partial charge in [-0.05, 0) is 61.9 Å². The number of nitrogens with zero attached hydrogens (tertiary/aromatic N) is 5. The third-order valence-corrected chi connectivity index (χ3v) is 7.94. The first-order valence-corrected chi connectivity index (χ1v) is 14.6. The number of thiocarbonyl (C=S) groups is 1. The van der Waals surface area contributed by atoms with Crippen LogP contribution in [0.5, 0.6) is 11.6 Å². The molecular formula is C30H34F2N8O3S. The molecule has 0 unspecified atom stereocenters. The van der Waals surface area contributed by atoms with Gasteiger partial charge in [0.2, 0.25) is 11.8 Å². The molecule has 3 N–H and O–H groups in total. The Balaban J connectivity index is 1.10. The fraction of sp³-hybridized carbons (Fsp3) is 0.367. The molecule has 232 valence electrons. The van der Waals surface area contributed by atoms with Crippen molar-refractivity contribution in [3.63, 3.8) is 0 Å². The molecular weight excluding hydrogens is 590 g/mol. The van der Waals surface area contributed by atoms with E-state index in [-0.39, 0.29) is 46.7 Å². The van der Waals surface area contributed by atoms with Crippen LogP contribution in [0.3, 0.4) is 0 Å². The van der Waals surface area contributed by atoms with Crippen molar-refractivity contribution in [1.82, 2.24) is 30.0 Å². The molecule has 0 spiro atoms. The standard InChI is InChI=1S/C30H34F2N8O3S/c1-38-16-23(17-38)40-11-9-22(10-12-40)39(2)30(42)36-26-15-28(34-18-33-26)43-25-8-7-21(14-24(25)32)35-29(44)37-27(41)13-19-3-5-20(31)6-4-19/h3-8,14-15,18,22-23H,9-13,16-17H2,1-2H3,(H,33,34,36,42)(H2,35,37,41,44). The molecule has 2 saturated heterocycles. The summed E-state index contributed by atoms with van der Waals surface area (Å²) in [5, 5.41) is 8.00. The number of amides is 3. The lowest BCUT2D eigenvalue weighted by molar-refractivity contribution is -0.119. The number of nitrogens with one attached hydrogen (secondary N) is 3. The summed E-state index contributed by atoms with van der Waals surface area (Å²) in [5.41, 5.74) is 0.901. The van der Waals surface area contributed by atoms with Gasteiger partial charge in [-0.1, -0.05) is 12.1 Å². The first-order valence-electron chi connectivity index (χ1n) is 14.2. The van der Waals surface area contributed by atoms with Crippen molar-refractivity contribution in [1.29, 1.82) is 0 Å². The molecule has 0 atom stereocenters. The van der Waals surface area contributed by atoms with Gasteiger partial charge in [-0.15, -0.1) is 0 Å². The van der Waals surface area contributed by atoms with Crippen LogP contribution in [0, 0.1) is 11.6 Å². The van der Waals surface area contributed by atoms with Gasteiger partial charge < -0.3 is 25.2 Å². The summed E-state index contributed by atoms with van der Waals surface area (Å²) < 4.78 is 33.5. The highest BCUT2D eigenvalue weighted by Gasteiger charge is 2.33. The molecule has 2 aromatic carbocycles. The van der Waals surface area contributed by atoms with Crippen LogP contribution in [0.2, 0.25) is 0 Å². The summed E-state index contributed by atoms with van der Waals surface area (Å²) in [7, 11) is 3.90. The van der Waals surface area contributed by atoms with Gasteiger partial charge in [0.25, 0.3) is 0 Å². The topological polar surface area (TPSA) is 115 Å². The molecule has 44 heavy (non-hydrogen) atoms. The molecule has 0 aliphatic carbocycles. The van der Waals surface area contributed by atoms with Crippen molar-refractivity contribution in [2.45, 2.75) is 31.3 Å². The molecule has 0 bridgehead atoms. The number of piperidine rings is 1. The molecule has 3 amide bonds. The molecule has 5 rings (SSSR count). The summed E-state index contributed by atoms with van der Waals surface area (Å²) in [6.07, 6.45) is 3.03. The number of urea groups is 1. The van der Waals surface area contributed by atoms with E-state index in [1.54, 1.807) is 11.9 Å². The number of carbonyl (C=O) groups excluding carboxylic acids is 2. The Hall–Kier alpha value is -4.27. The van der Waals surface area contributed by atoms with E-state index < -0.39 is 17.5 Å². The van der Waals surface area contributed by atoms with Crippen LogP contribution in [0.25, 0.3) is 0 Å². The highest BCUT2D eigenvalue weighted by Crippen LogP contribution is 2.27. The van der Waals surface area contributed by atoms with Crippen molar-refractivity contribution in [3.05, 3.63) is 72.1 Å². The van der Waals surface area contributed by atoms with Gasteiger partial charge in [-0.3, -0.25) is 15.0 Å². The van der Waals surface area contributed by atoms with E-state index in [1.807, 2.05) is 0 Å². The Kier molecular flexibility index (Phi) is 9.92. The van der Waals surface area contributed by atoms with E-state index in [0.717, 1.165) is 45.1 Å². The monoisotopic (exact) mass is 624 g/mol. The fourth-order valence-electron chi connectivity index (χ4n) is 5.26. The number of rotatable bonds is 8. The maximum atomic E-state index is 14.9. The van der Waals surface area contributed by atoms with Crippen molar-refractivity contribution in [2.75, 3.05) is 50.9 Å². The SMILES string of the molecule is CN1CC(N2CCC(N(C)C(=O)Nc3cc(Oc4ccc(NC(=S)NC(=O)Cc5ccc(F)cc5)cc4F)ncn3)CC2)C1. The average molecular weight is 625 g/mol. The second-order valence-electron chi connectivity index (χ2n) is 11.0. The molecule has 0 saturated carbocycles. The second kappa shape index (κ2) is 14.0. The number of carbonyl (C=O) groups is 2. The minimum atomic E-state index is -0.709. The van der Waals surface area contributed by atoms with E-state index >= 15 is 0 Å².